The summed E-state index contributed by atoms with van der Waals surface area (Å²) in [5.41, 5.74) is 1.89. The summed E-state index contributed by atoms with van der Waals surface area (Å²) in [4.78, 5) is 27.1. The van der Waals surface area contributed by atoms with Gasteiger partial charge in [0.1, 0.15) is 0 Å². The van der Waals surface area contributed by atoms with Gasteiger partial charge in [0.25, 0.3) is 11.8 Å². The average molecular weight is 460 g/mol. The first kappa shape index (κ1) is 25.4. The van der Waals surface area contributed by atoms with Gasteiger partial charge in [-0.15, -0.1) is 0 Å². The molecule has 0 radical (unpaired) electrons. The van der Waals surface area contributed by atoms with E-state index in [-0.39, 0.29) is 23.9 Å². The number of carbonyl (C=O) groups excluding carboxylic acids is 2. The number of hydrogen-bond donors (Lipinski definition) is 2. The number of benzene rings is 2. The van der Waals surface area contributed by atoms with E-state index < -0.39 is 14.8 Å². The third-order valence-corrected chi connectivity index (χ3v) is 7.06. The van der Waals surface area contributed by atoms with Crippen LogP contribution in [0.5, 0.6) is 0 Å². The summed E-state index contributed by atoms with van der Waals surface area (Å²) in [5, 5.41) is 2.79. The lowest BCUT2D eigenvalue weighted by Gasteiger charge is -2.30. The van der Waals surface area contributed by atoms with Gasteiger partial charge in [-0.1, -0.05) is 0 Å². The molecule has 2 rings (SSSR count). The van der Waals surface area contributed by atoms with Crippen molar-refractivity contribution < 1.29 is 18.0 Å². The first-order valence-electron chi connectivity index (χ1n) is 10.6. The lowest BCUT2D eigenvalue weighted by Crippen LogP contribution is -2.42. The maximum atomic E-state index is 12.8. The number of nitrogens with zero attached hydrogens (tertiary/aromatic N) is 1. The van der Waals surface area contributed by atoms with Crippen LogP contribution >= 0.6 is 0 Å². The Balaban J connectivity index is 2.08. The van der Waals surface area contributed by atoms with Crippen LogP contribution in [0, 0.1) is 0 Å². The standard InChI is InChI=1S/C24H33N3O4S/c1-16(2)27(17(3)4)23(29)19-10-12-20(13-11-19)25-22(28)18-8-14-21(15-9-18)26-32(30,31)24(5,6)7/h8-17,26H,1-7H3,(H,25,28). The Kier molecular flexibility index (Phi) is 7.72. The topological polar surface area (TPSA) is 95.6 Å². The van der Waals surface area contributed by atoms with E-state index in [1.807, 2.05) is 32.6 Å². The summed E-state index contributed by atoms with van der Waals surface area (Å²) in [7, 11) is -3.54. The molecule has 2 aromatic rings. The summed E-state index contributed by atoms with van der Waals surface area (Å²) in [6.45, 7) is 12.7. The molecule has 8 heteroatoms. The molecular formula is C24H33N3O4S. The highest BCUT2D eigenvalue weighted by Crippen LogP contribution is 2.21. The third-order valence-electron chi connectivity index (χ3n) is 4.94. The summed E-state index contributed by atoms with van der Waals surface area (Å²) in [6, 6.07) is 13.1. The van der Waals surface area contributed by atoms with Crippen molar-refractivity contribution in [2.75, 3.05) is 10.0 Å². The van der Waals surface area contributed by atoms with Gasteiger partial charge in [-0.05, 0) is 97.0 Å². The molecule has 0 aliphatic heterocycles. The Morgan fingerprint density at radius 1 is 0.781 bits per heavy atom. The number of hydrogen-bond acceptors (Lipinski definition) is 4. The van der Waals surface area contributed by atoms with Gasteiger partial charge >= 0.3 is 0 Å². The second kappa shape index (κ2) is 9.73. The van der Waals surface area contributed by atoms with Gasteiger partial charge in [-0.3, -0.25) is 14.3 Å². The number of sulfonamides is 1. The Hall–Kier alpha value is -2.87. The summed E-state index contributed by atoms with van der Waals surface area (Å²) < 4.78 is 26.1. The van der Waals surface area contributed by atoms with E-state index in [2.05, 4.69) is 10.0 Å². The average Bonchev–Trinajstić information content (AvgIpc) is 2.67. The predicted octanol–water partition coefficient (Wildman–Crippen LogP) is 4.74. The van der Waals surface area contributed by atoms with E-state index in [1.54, 1.807) is 69.3 Å². The van der Waals surface area contributed by atoms with Crippen molar-refractivity contribution >= 4 is 33.2 Å². The van der Waals surface area contributed by atoms with Crippen LogP contribution in [0.3, 0.4) is 0 Å². The van der Waals surface area contributed by atoms with Gasteiger partial charge in [0.05, 0.1) is 4.75 Å². The minimum atomic E-state index is -3.54. The van der Waals surface area contributed by atoms with Crippen molar-refractivity contribution in [1.29, 1.82) is 0 Å². The molecule has 0 atom stereocenters. The molecule has 0 aliphatic rings. The number of nitrogens with one attached hydrogen (secondary N) is 2. The van der Waals surface area contributed by atoms with Crippen LogP contribution in [0.25, 0.3) is 0 Å². The zero-order valence-corrected chi connectivity index (χ0v) is 20.6. The predicted molar refractivity (Wildman–Crippen MR) is 130 cm³/mol. The fraction of sp³-hybridized carbons (Fsp3) is 0.417. The number of anilines is 2. The summed E-state index contributed by atoms with van der Waals surface area (Å²) in [6.07, 6.45) is 0. The first-order valence-corrected chi connectivity index (χ1v) is 12.1. The van der Waals surface area contributed by atoms with E-state index in [9.17, 15) is 18.0 Å². The van der Waals surface area contributed by atoms with Gasteiger partial charge in [0, 0.05) is 34.6 Å². The quantitative estimate of drug-likeness (QED) is 0.625. The van der Waals surface area contributed by atoms with Gasteiger partial charge in [-0.25, -0.2) is 8.42 Å². The third kappa shape index (κ3) is 6.09. The molecule has 0 spiro atoms. The van der Waals surface area contributed by atoms with Crippen LogP contribution in [0.15, 0.2) is 48.5 Å². The van der Waals surface area contributed by atoms with E-state index >= 15 is 0 Å². The summed E-state index contributed by atoms with van der Waals surface area (Å²) in [5.74, 6) is -0.388. The molecule has 0 bridgehead atoms. The Labute approximate surface area is 191 Å². The molecule has 0 unspecified atom stereocenters. The molecule has 0 saturated carbocycles. The number of amides is 2. The molecule has 2 N–H and O–H groups in total. The largest absolute Gasteiger partial charge is 0.334 e. The highest BCUT2D eigenvalue weighted by molar-refractivity contribution is 7.94. The van der Waals surface area contributed by atoms with Crippen LogP contribution in [0.1, 0.15) is 69.2 Å². The van der Waals surface area contributed by atoms with E-state index in [4.69, 9.17) is 0 Å². The molecular weight excluding hydrogens is 426 g/mol. The van der Waals surface area contributed by atoms with E-state index in [1.165, 1.54) is 0 Å². The molecule has 174 valence electrons. The molecule has 7 nitrogen and oxygen atoms in total. The fourth-order valence-electron chi connectivity index (χ4n) is 3.11. The smallest absolute Gasteiger partial charge is 0.255 e. The van der Waals surface area contributed by atoms with Gasteiger partial charge in [-0.2, -0.15) is 0 Å². The minimum Gasteiger partial charge on any atom is -0.334 e. The minimum absolute atomic E-state index is 0.0545. The van der Waals surface area contributed by atoms with Crippen molar-refractivity contribution in [3.05, 3.63) is 59.7 Å². The normalized spacial score (nSPS) is 12.0. The lowest BCUT2D eigenvalue weighted by atomic mass is 10.1. The molecule has 0 aromatic heterocycles. The van der Waals surface area contributed by atoms with E-state index in [0.29, 0.717) is 22.5 Å². The van der Waals surface area contributed by atoms with Crippen molar-refractivity contribution in [2.45, 2.75) is 65.3 Å². The number of carbonyl (C=O) groups is 2. The second-order valence-electron chi connectivity index (χ2n) is 9.23. The Morgan fingerprint density at radius 3 is 1.66 bits per heavy atom. The van der Waals surface area contributed by atoms with Crippen molar-refractivity contribution in [1.82, 2.24) is 4.90 Å². The van der Waals surface area contributed by atoms with Gasteiger partial charge < -0.3 is 10.2 Å². The molecule has 0 fully saturated rings. The summed E-state index contributed by atoms with van der Waals surface area (Å²) >= 11 is 0. The monoisotopic (exact) mass is 459 g/mol. The van der Waals surface area contributed by atoms with Crippen LogP contribution in [0.4, 0.5) is 11.4 Å². The Morgan fingerprint density at radius 2 is 1.22 bits per heavy atom. The van der Waals surface area contributed by atoms with E-state index in [0.717, 1.165) is 0 Å². The zero-order chi connectivity index (χ0) is 24.3. The maximum absolute atomic E-state index is 12.8. The molecule has 32 heavy (non-hydrogen) atoms. The molecule has 0 aliphatic carbocycles. The second-order valence-corrected chi connectivity index (χ2v) is 11.7. The Bertz CT molecular complexity index is 1040. The lowest BCUT2D eigenvalue weighted by molar-refractivity contribution is 0.0643. The SMILES string of the molecule is CC(C)N(C(=O)c1ccc(NC(=O)c2ccc(NS(=O)(=O)C(C)(C)C)cc2)cc1)C(C)C. The number of rotatable bonds is 7. The first-order chi connectivity index (χ1) is 14.7. The van der Waals surface area contributed by atoms with Gasteiger partial charge in [0.15, 0.2) is 0 Å². The highest BCUT2D eigenvalue weighted by Gasteiger charge is 2.28. The molecule has 0 saturated heterocycles. The molecule has 2 aromatic carbocycles. The van der Waals surface area contributed by atoms with Crippen LogP contribution in [0.2, 0.25) is 0 Å². The molecule has 2 amide bonds. The van der Waals surface area contributed by atoms with Gasteiger partial charge in [0.2, 0.25) is 10.0 Å². The maximum Gasteiger partial charge on any atom is 0.255 e. The zero-order valence-electron chi connectivity index (χ0n) is 19.8. The fourth-order valence-corrected chi connectivity index (χ4v) is 3.86. The molecule has 0 heterocycles. The van der Waals surface area contributed by atoms with Crippen LogP contribution in [-0.2, 0) is 10.0 Å². The van der Waals surface area contributed by atoms with Crippen molar-refractivity contribution in [3.8, 4) is 0 Å². The van der Waals surface area contributed by atoms with Crippen LogP contribution < -0.4 is 10.0 Å². The highest BCUT2D eigenvalue weighted by atomic mass is 32.2. The van der Waals surface area contributed by atoms with Crippen molar-refractivity contribution in [3.63, 3.8) is 0 Å². The van der Waals surface area contributed by atoms with Crippen molar-refractivity contribution in [2.24, 2.45) is 0 Å². The van der Waals surface area contributed by atoms with Crippen LogP contribution in [-0.4, -0.2) is 42.0 Å².